The molecule has 0 amide bonds. The zero-order chi connectivity index (χ0) is 18.4. The molecule has 3 atom stereocenters. The predicted molar refractivity (Wildman–Crippen MR) is 108 cm³/mol. The molecule has 1 aliphatic heterocycles. The number of pyridine rings is 1. The van der Waals surface area contributed by atoms with E-state index in [9.17, 15) is 10.2 Å². The minimum absolute atomic E-state index is 0.184. The largest absolute Gasteiger partial charge is 0.394 e. The summed E-state index contributed by atoms with van der Waals surface area (Å²) in [6.45, 7) is -0.184. The topological polar surface area (TPSA) is 67.5 Å². The molecule has 4 aromatic rings. The van der Waals surface area contributed by atoms with Crippen molar-refractivity contribution in [3.63, 3.8) is 0 Å². The number of hydrogen-bond donors (Lipinski definition) is 2. The second-order valence-electron chi connectivity index (χ2n) is 6.57. The Balaban J connectivity index is 1.53. The number of aliphatic hydroxyl groups excluding tert-OH is 2. The molecule has 5 nitrogen and oxygen atoms in total. The Labute approximate surface area is 164 Å². The third kappa shape index (κ3) is 2.92. The summed E-state index contributed by atoms with van der Waals surface area (Å²) in [5.74, 6) is 0. The summed E-state index contributed by atoms with van der Waals surface area (Å²) in [4.78, 5) is 8.29. The van der Waals surface area contributed by atoms with Gasteiger partial charge in [-0.2, -0.15) is 0 Å². The van der Waals surface area contributed by atoms with Crippen LogP contribution in [0.2, 0.25) is 0 Å². The molecule has 5 heterocycles. The zero-order valence-corrected chi connectivity index (χ0v) is 16.0. The van der Waals surface area contributed by atoms with E-state index in [1.165, 1.54) is 14.6 Å². The summed E-state index contributed by atoms with van der Waals surface area (Å²) in [7, 11) is 0. The molecular formula is C20H18N2O3S2. The maximum Gasteiger partial charge on any atom is 0.142 e. The molecule has 4 aromatic heterocycles. The summed E-state index contributed by atoms with van der Waals surface area (Å²) in [5, 5.41) is 22.5. The highest BCUT2D eigenvalue weighted by Gasteiger charge is 2.35. The number of aliphatic hydroxyl groups is 2. The maximum absolute atomic E-state index is 10.0. The Morgan fingerprint density at radius 3 is 2.81 bits per heavy atom. The molecule has 0 radical (unpaired) electrons. The van der Waals surface area contributed by atoms with Crippen molar-refractivity contribution in [1.82, 2.24) is 9.55 Å². The van der Waals surface area contributed by atoms with Gasteiger partial charge in [0.1, 0.15) is 18.0 Å². The zero-order valence-electron chi connectivity index (χ0n) is 14.4. The first-order valence-corrected chi connectivity index (χ1v) is 10.5. The van der Waals surface area contributed by atoms with Crippen molar-refractivity contribution in [3.05, 3.63) is 54.2 Å². The fourth-order valence-corrected chi connectivity index (χ4v) is 5.47. The van der Waals surface area contributed by atoms with E-state index < -0.39 is 12.2 Å². The van der Waals surface area contributed by atoms with E-state index in [1.54, 1.807) is 22.7 Å². The minimum Gasteiger partial charge on any atom is -0.394 e. The molecule has 0 bridgehead atoms. The maximum atomic E-state index is 10.0. The number of ether oxygens (including phenoxy) is 1. The summed E-state index contributed by atoms with van der Waals surface area (Å²) in [6, 6.07) is 12.6. The molecule has 138 valence electrons. The highest BCUT2D eigenvalue weighted by Crippen LogP contribution is 2.40. The van der Waals surface area contributed by atoms with Gasteiger partial charge in [-0.25, -0.2) is 4.98 Å². The van der Waals surface area contributed by atoms with Gasteiger partial charge in [0.05, 0.1) is 12.7 Å². The molecule has 1 aliphatic rings. The van der Waals surface area contributed by atoms with E-state index in [1.807, 2.05) is 29.1 Å². The van der Waals surface area contributed by atoms with Gasteiger partial charge in [-0.1, -0.05) is 6.07 Å². The lowest BCUT2D eigenvalue weighted by Gasteiger charge is -2.14. The van der Waals surface area contributed by atoms with E-state index >= 15 is 0 Å². The monoisotopic (exact) mass is 398 g/mol. The average molecular weight is 399 g/mol. The Morgan fingerprint density at radius 1 is 1.15 bits per heavy atom. The van der Waals surface area contributed by atoms with E-state index in [-0.39, 0.29) is 12.8 Å². The van der Waals surface area contributed by atoms with Crippen LogP contribution in [0.15, 0.2) is 54.2 Å². The number of rotatable bonds is 4. The molecule has 7 heteroatoms. The molecule has 0 saturated carbocycles. The van der Waals surface area contributed by atoms with Crippen molar-refractivity contribution in [3.8, 4) is 20.2 Å². The van der Waals surface area contributed by atoms with Gasteiger partial charge in [-0.3, -0.25) is 0 Å². The van der Waals surface area contributed by atoms with Crippen LogP contribution >= 0.6 is 22.7 Å². The number of fused-ring (bicyclic) bond motifs is 1. The summed E-state index contributed by atoms with van der Waals surface area (Å²) < 4.78 is 7.75. The quantitative estimate of drug-likeness (QED) is 0.542. The lowest BCUT2D eigenvalue weighted by molar-refractivity contribution is -0.0430. The van der Waals surface area contributed by atoms with Gasteiger partial charge in [-0.15, -0.1) is 22.7 Å². The standard InChI is InChI=1S/C20H18N2O3S2/c23-11-15-14(24)10-19(25-15)22-8-6-13-12(5-7-21-20(13)22)16-3-4-18(27-16)17-2-1-9-26-17/h1-9,14-15,19,23-24H,10-11H2/t14?,15-,19-/m1/s1. The number of nitrogens with zero attached hydrogens (tertiary/aromatic N) is 2. The van der Waals surface area contributed by atoms with Gasteiger partial charge in [0.15, 0.2) is 0 Å². The number of hydrogen-bond acceptors (Lipinski definition) is 6. The van der Waals surface area contributed by atoms with Crippen molar-refractivity contribution in [2.24, 2.45) is 0 Å². The van der Waals surface area contributed by atoms with Gasteiger partial charge in [-0.05, 0) is 35.7 Å². The summed E-state index contributed by atoms with van der Waals surface area (Å²) in [6.07, 6.45) is 2.69. The first kappa shape index (κ1) is 17.1. The van der Waals surface area contributed by atoms with Crippen LogP contribution < -0.4 is 0 Å². The number of thiophene rings is 2. The van der Waals surface area contributed by atoms with Crippen molar-refractivity contribution in [1.29, 1.82) is 0 Å². The van der Waals surface area contributed by atoms with E-state index in [0.29, 0.717) is 6.42 Å². The number of aromatic nitrogens is 2. The normalized spacial score (nSPS) is 22.7. The smallest absolute Gasteiger partial charge is 0.142 e. The van der Waals surface area contributed by atoms with Crippen LogP contribution in [-0.4, -0.2) is 38.6 Å². The van der Waals surface area contributed by atoms with Crippen molar-refractivity contribution >= 4 is 33.7 Å². The first-order chi connectivity index (χ1) is 13.2. The van der Waals surface area contributed by atoms with Crippen LogP contribution in [0, 0.1) is 0 Å². The van der Waals surface area contributed by atoms with Crippen molar-refractivity contribution in [2.75, 3.05) is 6.61 Å². The fourth-order valence-electron chi connectivity index (χ4n) is 3.59. The third-order valence-corrected chi connectivity index (χ3v) is 7.13. The van der Waals surface area contributed by atoms with Crippen LogP contribution in [-0.2, 0) is 4.74 Å². The van der Waals surface area contributed by atoms with Crippen molar-refractivity contribution in [2.45, 2.75) is 24.9 Å². The Bertz CT molecular complexity index is 1070. The Kier molecular flexibility index (Phi) is 4.34. The summed E-state index contributed by atoms with van der Waals surface area (Å²) in [5.41, 5.74) is 1.97. The SMILES string of the molecule is OC[C@H]1O[C@@H](n2ccc3c(-c4ccc(-c5cccs5)s4)ccnc32)CC1O. The average Bonchev–Trinajstić information content (AvgIpc) is 3.45. The summed E-state index contributed by atoms with van der Waals surface area (Å²) >= 11 is 3.52. The van der Waals surface area contributed by atoms with Crippen LogP contribution in [0.4, 0.5) is 0 Å². The van der Waals surface area contributed by atoms with E-state index in [4.69, 9.17) is 4.74 Å². The van der Waals surface area contributed by atoms with Gasteiger partial charge >= 0.3 is 0 Å². The molecule has 27 heavy (non-hydrogen) atoms. The molecule has 1 fully saturated rings. The van der Waals surface area contributed by atoms with Crippen LogP contribution in [0.3, 0.4) is 0 Å². The van der Waals surface area contributed by atoms with Crippen LogP contribution in [0.5, 0.6) is 0 Å². The van der Waals surface area contributed by atoms with Gasteiger partial charge < -0.3 is 19.5 Å². The van der Waals surface area contributed by atoms with Crippen LogP contribution in [0.1, 0.15) is 12.6 Å². The lowest BCUT2D eigenvalue weighted by Crippen LogP contribution is -2.24. The Morgan fingerprint density at radius 2 is 2.04 bits per heavy atom. The molecule has 0 aliphatic carbocycles. The fraction of sp³-hybridized carbons (Fsp3) is 0.250. The predicted octanol–water partition coefficient (Wildman–Crippen LogP) is 4.13. The van der Waals surface area contributed by atoms with E-state index in [0.717, 1.165) is 16.6 Å². The molecule has 1 saturated heterocycles. The minimum atomic E-state index is -0.661. The molecule has 0 aromatic carbocycles. The van der Waals surface area contributed by atoms with Crippen LogP contribution in [0.25, 0.3) is 31.2 Å². The molecule has 5 rings (SSSR count). The first-order valence-electron chi connectivity index (χ1n) is 8.78. The Hall–Kier alpha value is -2.03. The van der Waals surface area contributed by atoms with Gasteiger partial charge in [0.25, 0.3) is 0 Å². The molecule has 1 unspecified atom stereocenters. The second kappa shape index (κ2) is 6.85. The van der Waals surface area contributed by atoms with Gasteiger partial charge in [0.2, 0.25) is 0 Å². The molecular weight excluding hydrogens is 380 g/mol. The third-order valence-electron chi connectivity index (χ3n) is 4.95. The molecule has 0 spiro atoms. The second-order valence-corrected chi connectivity index (χ2v) is 8.61. The molecule has 2 N–H and O–H groups in total. The van der Waals surface area contributed by atoms with E-state index in [2.05, 4.69) is 34.6 Å². The van der Waals surface area contributed by atoms with Crippen molar-refractivity contribution < 1.29 is 14.9 Å². The lowest BCUT2D eigenvalue weighted by atomic mass is 10.1. The highest BCUT2D eigenvalue weighted by molar-refractivity contribution is 7.23. The highest BCUT2D eigenvalue weighted by atomic mass is 32.1. The van der Waals surface area contributed by atoms with Gasteiger partial charge in [0, 0.05) is 44.4 Å².